The van der Waals surface area contributed by atoms with Gasteiger partial charge in [0.2, 0.25) is 15.9 Å². The number of hydrogen-bond donors (Lipinski definition) is 1. The number of unbranched alkanes of at least 4 members (excludes halogenated alkanes) is 4. The largest absolute Gasteiger partial charge is 0.846 e. The fraction of sp³-hybridized carbons (Fsp3) is 0.652. The van der Waals surface area contributed by atoms with Crippen molar-refractivity contribution in [2.45, 2.75) is 82.4 Å². The zero-order valence-corrected chi connectivity index (χ0v) is 19.0. The maximum absolute atomic E-state index is 12.7. The molecule has 2 saturated carbocycles. The molecule has 7 nitrogen and oxygen atoms in total. The molecule has 31 heavy (non-hydrogen) atoms. The third kappa shape index (κ3) is 4.73. The van der Waals surface area contributed by atoms with E-state index in [1.54, 1.807) is 4.57 Å². The summed E-state index contributed by atoms with van der Waals surface area (Å²) < 4.78 is 28.8. The van der Waals surface area contributed by atoms with Crippen LogP contribution < -0.4 is 9.83 Å². The second-order valence-corrected chi connectivity index (χ2v) is 11.3. The lowest BCUT2D eigenvalue weighted by molar-refractivity contribution is -0.285. The summed E-state index contributed by atoms with van der Waals surface area (Å²) in [5.74, 6) is -0.0657. The van der Waals surface area contributed by atoms with Crippen LogP contribution in [0.25, 0.3) is 11.0 Å². The third-order valence-corrected chi connectivity index (χ3v) is 9.25. The van der Waals surface area contributed by atoms with Crippen LogP contribution in [0.4, 0.5) is 0 Å². The van der Waals surface area contributed by atoms with E-state index in [0.717, 1.165) is 56.0 Å². The van der Waals surface area contributed by atoms with Gasteiger partial charge in [0.25, 0.3) is 0 Å². The molecule has 1 aromatic heterocycles. The van der Waals surface area contributed by atoms with Crippen molar-refractivity contribution in [2.75, 3.05) is 0 Å². The summed E-state index contributed by atoms with van der Waals surface area (Å²) in [6.45, 7) is 2.69. The fourth-order valence-electron chi connectivity index (χ4n) is 4.65. The van der Waals surface area contributed by atoms with E-state index in [2.05, 4.69) is 9.71 Å². The Kier molecular flexibility index (Phi) is 6.28. The molecule has 0 spiro atoms. The molecule has 2 atom stereocenters. The fourth-order valence-corrected chi connectivity index (χ4v) is 6.33. The summed E-state index contributed by atoms with van der Waals surface area (Å²) in [5.41, 5.74) is 1.62. The normalized spacial score (nSPS) is 21.8. The highest BCUT2D eigenvalue weighted by atomic mass is 32.2. The Bertz CT molecular complexity index is 1040. The van der Waals surface area contributed by atoms with Crippen LogP contribution >= 0.6 is 0 Å². The minimum atomic E-state index is -3.58. The maximum Gasteiger partial charge on any atom is 0.240 e. The number of carbonyl (C=O) groups is 1. The van der Waals surface area contributed by atoms with Crippen LogP contribution in [0.3, 0.4) is 0 Å². The summed E-state index contributed by atoms with van der Waals surface area (Å²) in [4.78, 5) is 16.3. The van der Waals surface area contributed by atoms with Crippen molar-refractivity contribution in [2.24, 2.45) is 11.8 Å². The topological polar surface area (TPSA) is 104 Å². The number of para-hydroxylation sites is 2. The average molecular weight is 447 g/mol. The molecule has 2 fully saturated rings. The van der Waals surface area contributed by atoms with Crippen LogP contribution in [0.1, 0.15) is 71.1 Å². The SMILES string of the molecule is CCC1C[C@@H]1C(=O)NS(=O)(=O)C1(CCCCCCCn2c([O-])nc3ccccc32)CC1. The smallest absolute Gasteiger partial charge is 0.240 e. The number of benzene rings is 1. The number of amides is 1. The van der Waals surface area contributed by atoms with E-state index in [1.807, 2.05) is 31.2 Å². The van der Waals surface area contributed by atoms with Gasteiger partial charge in [-0.15, -0.1) is 0 Å². The molecule has 1 aromatic carbocycles. The first-order chi connectivity index (χ1) is 14.9. The van der Waals surface area contributed by atoms with Crippen molar-refractivity contribution in [3.05, 3.63) is 24.3 Å². The first-order valence-corrected chi connectivity index (χ1v) is 13.0. The van der Waals surface area contributed by atoms with Crippen LogP contribution in [0.5, 0.6) is 6.01 Å². The monoisotopic (exact) mass is 446 g/mol. The van der Waals surface area contributed by atoms with E-state index in [4.69, 9.17) is 0 Å². The van der Waals surface area contributed by atoms with Crippen LogP contribution in [-0.2, 0) is 21.4 Å². The Morgan fingerprint density at radius 2 is 1.90 bits per heavy atom. The summed E-state index contributed by atoms with van der Waals surface area (Å²) >= 11 is 0. The van der Waals surface area contributed by atoms with Crippen LogP contribution in [0.2, 0.25) is 0 Å². The molecule has 2 aromatic rings. The van der Waals surface area contributed by atoms with Crippen molar-refractivity contribution >= 4 is 27.0 Å². The summed E-state index contributed by atoms with van der Waals surface area (Å²) in [6, 6.07) is 7.37. The molecule has 1 N–H and O–H groups in total. The number of sulfonamides is 1. The molecule has 2 aliphatic rings. The average Bonchev–Trinajstić information content (AvgIpc) is 3.64. The molecule has 2 aliphatic carbocycles. The number of nitrogens with one attached hydrogen (secondary N) is 1. The minimum Gasteiger partial charge on any atom is -0.846 e. The number of aryl methyl sites for hydroxylation is 1. The van der Waals surface area contributed by atoms with E-state index in [0.29, 0.717) is 31.7 Å². The van der Waals surface area contributed by atoms with Gasteiger partial charge >= 0.3 is 0 Å². The first-order valence-electron chi connectivity index (χ1n) is 11.6. The van der Waals surface area contributed by atoms with Crippen LogP contribution in [-0.4, -0.2) is 28.6 Å². The van der Waals surface area contributed by atoms with E-state index in [-0.39, 0.29) is 17.8 Å². The zero-order valence-electron chi connectivity index (χ0n) is 18.2. The lowest BCUT2D eigenvalue weighted by atomic mass is 10.1. The first kappa shape index (κ1) is 22.1. The second-order valence-electron chi connectivity index (χ2n) is 9.22. The molecule has 0 radical (unpaired) electrons. The van der Waals surface area contributed by atoms with Crippen molar-refractivity contribution < 1.29 is 18.3 Å². The number of rotatable bonds is 12. The van der Waals surface area contributed by atoms with Crippen molar-refractivity contribution in [3.63, 3.8) is 0 Å². The number of nitrogens with zero attached hydrogens (tertiary/aromatic N) is 2. The van der Waals surface area contributed by atoms with Crippen LogP contribution in [0.15, 0.2) is 24.3 Å². The quantitative estimate of drug-likeness (QED) is 0.503. The van der Waals surface area contributed by atoms with Gasteiger partial charge in [-0.1, -0.05) is 51.2 Å². The Morgan fingerprint density at radius 3 is 2.61 bits per heavy atom. The molecule has 1 amide bonds. The van der Waals surface area contributed by atoms with Crippen molar-refractivity contribution in [1.82, 2.24) is 14.3 Å². The Balaban J connectivity index is 1.16. The summed E-state index contributed by atoms with van der Waals surface area (Å²) in [5, 5.41) is 12.0. The number of fused-ring (bicyclic) bond motifs is 1. The van der Waals surface area contributed by atoms with Gasteiger partial charge in [0.1, 0.15) is 0 Å². The molecule has 4 rings (SSSR count). The van der Waals surface area contributed by atoms with Crippen molar-refractivity contribution in [3.8, 4) is 6.01 Å². The molecule has 170 valence electrons. The van der Waals surface area contributed by atoms with Gasteiger partial charge in [0, 0.05) is 12.5 Å². The van der Waals surface area contributed by atoms with Gasteiger partial charge < -0.3 is 9.67 Å². The third-order valence-electron chi connectivity index (χ3n) is 7.03. The van der Waals surface area contributed by atoms with E-state index >= 15 is 0 Å². The highest BCUT2D eigenvalue weighted by Crippen LogP contribution is 2.48. The van der Waals surface area contributed by atoms with Gasteiger partial charge in [0.05, 0.1) is 21.8 Å². The highest BCUT2D eigenvalue weighted by molar-refractivity contribution is 7.91. The van der Waals surface area contributed by atoms with Gasteiger partial charge in [-0.05, 0) is 50.2 Å². The molecule has 1 unspecified atom stereocenters. The molecule has 0 saturated heterocycles. The van der Waals surface area contributed by atoms with Gasteiger partial charge in [-0.3, -0.25) is 9.52 Å². The van der Waals surface area contributed by atoms with Gasteiger partial charge in [0.15, 0.2) is 0 Å². The number of aromatic nitrogens is 2. The number of hydrogen-bond acceptors (Lipinski definition) is 5. The predicted octanol–water partition coefficient (Wildman–Crippen LogP) is 3.48. The van der Waals surface area contributed by atoms with Crippen molar-refractivity contribution in [1.29, 1.82) is 0 Å². The predicted molar refractivity (Wildman–Crippen MR) is 118 cm³/mol. The van der Waals surface area contributed by atoms with E-state index in [9.17, 15) is 18.3 Å². The molecule has 0 aliphatic heterocycles. The lowest BCUT2D eigenvalue weighted by Gasteiger charge is -2.17. The van der Waals surface area contributed by atoms with Gasteiger partial charge in [-0.2, -0.15) is 0 Å². The van der Waals surface area contributed by atoms with Gasteiger partial charge in [-0.25, -0.2) is 13.4 Å². The summed E-state index contributed by atoms with van der Waals surface area (Å²) in [7, 11) is -3.58. The zero-order chi connectivity index (χ0) is 22.1. The lowest BCUT2D eigenvalue weighted by Crippen LogP contribution is -2.40. The molecular weight excluding hydrogens is 414 g/mol. The van der Waals surface area contributed by atoms with Crippen LogP contribution in [0, 0.1) is 11.8 Å². The highest BCUT2D eigenvalue weighted by Gasteiger charge is 2.55. The van der Waals surface area contributed by atoms with E-state index < -0.39 is 14.8 Å². The summed E-state index contributed by atoms with van der Waals surface area (Å²) in [6.07, 6.45) is 8.35. The number of carbonyl (C=O) groups excluding carboxylic acids is 1. The second kappa shape index (κ2) is 8.81. The van der Waals surface area contributed by atoms with E-state index in [1.165, 1.54) is 0 Å². The minimum absolute atomic E-state index is 0.113. The molecule has 0 bridgehead atoms. The Morgan fingerprint density at radius 1 is 1.19 bits per heavy atom. The Hall–Kier alpha value is -2.09. The molecule has 1 heterocycles. The molecule has 8 heteroatoms. The molecular formula is C23H32N3O4S-. The standard InChI is InChI=1S/C23H33N3O4S/c1-2-17-16-18(17)21(27)25-31(29,30)23(13-14-23)12-8-4-3-5-9-15-26-20-11-7-6-10-19(20)24-22(26)28/h6-7,10-11,17-18H,2-5,8-9,12-16H2,1H3,(H,24,28)(H,25,27)/p-1/t17?,18-/m0/s1. The number of imidazole rings is 1. The Labute approximate surface area is 184 Å². The maximum atomic E-state index is 12.7.